The van der Waals surface area contributed by atoms with Crippen LogP contribution in [0.5, 0.6) is 0 Å². The highest BCUT2D eigenvalue weighted by Crippen LogP contribution is 2.02. The number of hydrogen-bond acceptors (Lipinski definition) is 4. The van der Waals surface area contributed by atoms with Crippen LogP contribution in [0.2, 0.25) is 0 Å². The normalized spacial score (nSPS) is 11.9. The fraction of sp³-hybridized carbons (Fsp3) is 0.583. The van der Waals surface area contributed by atoms with Gasteiger partial charge in [-0.05, 0) is 20.3 Å². The predicted octanol–water partition coefficient (Wildman–Crippen LogP) is 1.50. The van der Waals surface area contributed by atoms with Crippen LogP contribution in [0.1, 0.15) is 32.4 Å². The van der Waals surface area contributed by atoms with Gasteiger partial charge in [-0.15, -0.1) is 0 Å². The molecule has 94 valence electrons. The molecule has 0 aromatic carbocycles. The number of anilines is 1. The molecule has 0 saturated heterocycles. The fourth-order valence-corrected chi connectivity index (χ4v) is 1.30. The van der Waals surface area contributed by atoms with Crippen LogP contribution >= 0.6 is 0 Å². The lowest BCUT2D eigenvalue weighted by Gasteiger charge is -2.11. The molecule has 1 amide bonds. The van der Waals surface area contributed by atoms with Crippen molar-refractivity contribution in [3.05, 3.63) is 18.1 Å². The lowest BCUT2D eigenvalue weighted by molar-refractivity contribution is -0.121. The lowest BCUT2D eigenvalue weighted by atomic mass is 10.2. The standard InChI is InChI=1S/C12H20N4O/c1-4-9(2)16-12(17)5-6-13-11-7-10(3)14-8-15-11/h7-9H,4-6H2,1-3H3,(H,16,17)(H,13,14,15). The topological polar surface area (TPSA) is 66.9 Å². The van der Waals surface area contributed by atoms with Gasteiger partial charge >= 0.3 is 0 Å². The molecule has 0 spiro atoms. The summed E-state index contributed by atoms with van der Waals surface area (Å²) in [6.07, 6.45) is 2.91. The van der Waals surface area contributed by atoms with Gasteiger partial charge in [-0.1, -0.05) is 6.92 Å². The van der Waals surface area contributed by atoms with Gasteiger partial charge in [0.15, 0.2) is 0 Å². The van der Waals surface area contributed by atoms with Crippen LogP contribution in [0.15, 0.2) is 12.4 Å². The number of hydrogen-bond donors (Lipinski definition) is 2. The van der Waals surface area contributed by atoms with Crippen LogP contribution in [0, 0.1) is 6.92 Å². The highest BCUT2D eigenvalue weighted by molar-refractivity contribution is 5.76. The number of carbonyl (C=O) groups excluding carboxylic acids is 1. The maximum absolute atomic E-state index is 11.5. The van der Waals surface area contributed by atoms with Gasteiger partial charge < -0.3 is 10.6 Å². The first-order valence-electron chi connectivity index (χ1n) is 5.93. The monoisotopic (exact) mass is 236 g/mol. The fourth-order valence-electron chi connectivity index (χ4n) is 1.30. The van der Waals surface area contributed by atoms with E-state index in [-0.39, 0.29) is 11.9 Å². The van der Waals surface area contributed by atoms with Crippen LogP contribution in [0.3, 0.4) is 0 Å². The third-order valence-electron chi connectivity index (χ3n) is 2.48. The molecule has 1 aromatic rings. The van der Waals surface area contributed by atoms with Crippen molar-refractivity contribution in [1.82, 2.24) is 15.3 Å². The molecule has 0 fully saturated rings. The van der Waals surface area contributed by atoms with E-state index in [1.54, 1.807) is 0 Å². The first-order valence-corrected chi connectivity index (χ1v) is 5.93. The number of aryl methyl sites for hydroxylation is 1. The highest BCUT2D eigenvalue weighted by Gasteiger charge is 2.04. The molecule has 0 saturated carbocycles. The first-order chi connectivity index (χ1) is 8.11. The molecule has 0 radical (unpaired) electrons. The van der Waals surface area contributed by atoms with E-state index in [4.69, 9.17) is 0 Å². The third kappa shape index (κ3) is 5.29. The first kappa shape index (κ1) is 13.4. The third-order valence-corrected chi connectivity index (χ3v) is 2.48. The number of nitrogens with one attached hydrogen (secondary N) is 2. The van der Waals surface area contributed by atoms with Crippen LogP contribution in [0.25, 0.3) is 0 Å². The zero-order valence-electron chi connectivity index (χ0n) is 10.7. The van der Waals surface area contributed by atoms with E-state index in [1.807, 2.05) is 26.8 Å². The summed E-state index contributed by atoms with van der Waals surface area (Å²) in [6, 6.07) is 2.09. The van der Waals surface area contributed by atoms with Crippen molar-refractivity contribution < 1.29 is 4.79 Å². The molecule has 1 heterocycles. The minimum atomic E-state index is 0.0672. The zero-order chi connectivity index (χ0) is 12.7. The molecule has 0 bridgehead atoms. The molecule has 17 heavy (non-hydrogen) atoms. The molecular weight excluding hydrogens is 216 g/mol. The lowest BCUT2D eigenvalue weighted by Crippen LogP contribution is -2.33. The summed E-state index contributed by atoms with van der Waals surface area (Å²) in [7, 11) is 0. The Bertz CT molecular complexity index is 367. The number of nitrogens with zero attached hydrogens (tertiary/aromatic N) is 2. The van der Waals surface area contributed by atoms with Gasteiger partial charge in [0.2, 0.25) is 5.91 Å². The van der Waals surface area contributed by atoms with Gasteiger partial charge in [0.05, 0.1) is 0 Å². The smallest absolute Gasteiger partial charge is 0.221 e. The maximum Gasteiger partial charge on any atom is 0.221 e. The molecule has 1 atom stereocenters. The Morgan fingerprint density at radius 1 is 1.47 bits per heavy atom. The SMILES string of the molecule is CCC(C)NC(=O)CCNc1cc(C)ncn1. The second-order valence-corrected chi connectivity index (χ2v) is 4.10. The van der Waals surface area contributed by atoms with Crippen LogP contribution in [0.4, 0.5) is 5.82 Å². The Balaban J connectivity index is 2.26. The zero-order valence-corrected chi connectivity index (χ0v) is 10.7. The van der Waals surface area contributed by atoms with E-state index in [1.165, 1.54) is 6.33 Å². The van der Waals surface area contributed by atoms with Crippen LogP contribution in [-0.2, 0) is 4.79 Å². The quantitative estimate of drug-likeness (QED) is 0.785. The van der Waals surface area contributed by atoms with Gasteiger partial charge in [-0.3, -0.25) is 4.79 Å². The van der Waals surface area contributed by atoms with E-state index in [9.17, 15) is 4.79 Å². The number of carbonyl (C=O) groups is 1. The Labute approximate surface area is 102 Å². The van der Waals surface area contributed by atoms with Crippen molar-refractivity contribution in [3.8, 4) is 0 Å². The Hall–Kier alpha value is -1.65. The molecule has 0 aliphatic carbocycles. The Morgan fingerprint density at radius 3 is 2.88 bits per heavy atom. The molecule has 1 unspecified atom stereocenters. The molecule has 0 aliphatic rings. The minimum Gasteiger partial charge on any atom is -0.369 e. The summed E-state index contributed by atoms with van der Waals surface area (Å²) < 4.78 is 0. The van der Waals surface area contributed by atoms with E-state index < -0.39 is 0 Å². The summed E-state index contributed by atoms with van der Waals surface area (Å²) in [4.78, 5) is 19.5. The van der Waals surface area contributed by atoms with Crippen LogP contribution < -0.4 is 10.6 Å². The average molecular weight is 236 g/mol. The predicted molar refractivity (Wildman–Crippen MR) is 67.8 cm³/mol. The minimum absolute atomic E-state index is 0.0672. The summed E-state index contributed by atoms with van der Waals surface area (Å²) >= 11 is 0. The van der Waals surface area contributed by atoms with Gasteiger partial charge in [0.25, 0.3) is 0 Å². The molecule has 0 aliphatic heterocycles. The van der Waals surface area contributed by atoms with Crippen molar-refractivity contribution >= 4 is 11.7 Å². The van der Waals surface area contributed by atoms with Crippen molar-refractivity contribution in [3.63, 3.8) is 0 Å². The summed E-state index contributed by atoms with van der Waals surface area (Å²) in [5, 5.41) is 6.01. The Kier molecular flexibility index (Phi) is 5.39. The van der Waals surface area contributed by atoms with Crippen molar-refractivity contribution in [2.75, 3.05) is 11.9 Å². The Morgan fingerprint density at radius 2 is 2.24 bits per heavy atom. The van der Waals surface area contributed by atoms with Gasteiger partial charge in [-0.2, -0.15) is 0 Å². The largest absolute Gasteiger partial charge is 0.369 e. The van der Waals surface area contributed by atoms with Gasteiger partial charge in [0.1, 0.15) is 12.1 Å². The molecule has 5 nitrogen and oxygen atoms in total. The number of aromatic nitrogens is 2. The molecule has 2 N–H and O–H groups in total. The van der Waals surface area contributed by atoms with Crippen LogP contribution in [-0.4, -0.2) is 28.5 Å². The second-order valence-electron chi connectivity index (χ2n) is 4.10. The molecule has 1 aromatic heterocycles. The second kappa shape index (κ2) is 6.83. The van der Waals surface area contributed by atoms with E-state index >= 15 is 0 Å². The van der Waals surface area contributed by atoms with E-state index in [0.29, 0.717) is 13.0 Å². The number of rotatable bonds is 6. The average Bonchev–Trinajstić information content (AvgIpc) is 2.29. The van der Waals surface area contributed by atoms with E-state index in [0.717, 1.165) is 17.9 Å². The molecule has 5 heteroatoms. The summed E-state index contributed by atoms with van der Waals surface area (Å²) in [5.41, 5.74) is 0.909. The maximum atomic E-state index is 11.5. The van der Waals surface area contributed by atoms with Gasteiger partial charge in [0, 0.05) is 30.8 Å². The van der Waals surface area contributed by atoms with Crippen molar-refractivity contribution in [2.24, 2.45) is 0 Å². The molecule has 1 rings (SSSR count). The van der Waals surface area contributed by atoms with Gasteiger partial charge in [-0.25, -0.2) is 9.97 Å². The highest BCUT2D eigenvalue weighted by atomic mass is 16.1. The summed E-state index contributed by atoms with van der Waals surface area (Å²) in [6.45, 7) is 6.53. The molecular formula is C12H20N4O. The number of amides is 1. The van der Waals surface area contributed by atoms with Crippen molar-refractivity contribution in [1.29, 1.82) is 0 Å². The summed E-state index contributed by atoms with van der Waals surface area (Å²) in [5.74, 6) is 0.825. The van der Waals surface area contributed by atoms with Crippen molar-refractivity contribution in [2.45, 2.75) is 39.7 Å². The van der Waals surface area contributed by atoms with E-state index in [2.05, 4.69) is 20.6 Å².